The number of carbonyl (C=O) groups excluding carboxylic acids is 2. The summed E-state index contributed by atoms with van der Waals surface area (Å²) >= 11 is 2.85. The molecule has 2 aromatic carbocycles. The molecule has 166 valence electrons. The van der Waals surface area contributed by atoms with Crippen molar-refractivity contribution in [3.63, 3.8) is 0 Å². The number of fused-ring (bicyclic) bond motifs is 1. The van der Waals surface area contributed by atoms with Gasteiger partial charge in [0.15, 0.2) is 16.6 Å². The predicted molar refractivity (Wildman–Crippen MR) is 127 cm³/mol. The number of anilines is 2. The van der Waals surface area contributed by atoms with Crippen LogP contribution in [-0.2, 0) is 11.2 Å². The molecule has 0 spiro atoms. The number of hydrogen-bond acceptors (Lipinski definition) is 8. The fourth-order valence-electron chi connectivity index (χ4n) is 3.27. The Morgan fingerprint density at radius 3 is 2.73 bits per heavy atom. The van der Waals surface area contributed by atoms with Crippen molar-refractivity contribution in [3.8, 4) is 22.8 Å². The maximum absolute atomic E-state index is 12.5. The van der Waals surface area contributed by atoms with Gasteiger partial charge in [-0.05, 0) is 37.3 Å². The van der Waals surface area contributed by atoms with Crippen LogP contribution >= 0.6 is 22.7 Å². The fourth-order valence-corrected chi connectivity index (χ4v) is 4.60. The third kappa shape index (κ3) is 4.86. The van der Waals surface area contributed by atoms with Gasteiger partial charge in [0.2, 0.25) is 12.7 Å². The van der Waals surface area contributed by atoms with Crippen molar-refractivity contribution in [2.45, 2.75) is 13.3 Å². The number of ether oxygens (including phenoxy) is 2. The van der Waals surface area contributed by atoms with E-state index < -0.39 is 0 Å². The van der Waals surface area contributed by atoms with Crippen LogP contribution in [0.25, 0.3) is 11.3 Å². The minimum absolute atomic E-state index is 0.0937. The largest absolute Gasteiger partial charge is 0.454 e. The van der Waals surface area contributed by atoms with E-state index in [1.165, 1.54) is 11.3 Å². The van der Waals surface area contributed by atoms with Crippen molar-refractivity contribution in [1.82, 2.24) is 9.97 Å². The zero-order chi connectivity index (χ0) is 22.8. The minimum atomic E-state index is -0.312. The van der Waals surface area contributed by atoms with Gasteiger partial charge < -0.3 is 14.8 Å². The summed E-state index contributed by atoms with van der Waals surface area (Å²) < 4.78 is 10.6. The van der Waals surface area contributed by atoms with Crippen molar-refractivity contribution in [3.05, 3.63) is 69.5 Å². The molecular weight excluding hydrogens is 460 g/mol. The number of nitrogens with zero attached hydrogens (tertiary/aromatic N) is 2. The van der Waals surface area contributed by atoms with Crippen LogP contribution in [0.2, 0.25) is 0 Å². The second kappa shape index (κ2) is 9.00. The van der Waals surface area contributed by atoms with Crippen LogP contribution in [0.15, 0.2) is 53.2 Å². The quantitative estimate of drug-likeness (QED) is 0.415. The SMILES string of the molecule is Cc1nc(-c2cccc(NC(=O)Cc3csc(NC(=O)c4ccc5c(c4)OCO5)n3)c2)cs1. The maximum Gasteiger partial charge on any atom is 0.257 e. The molecule has 2 aromatic heterocycles. The Kier molecular flexibility index (Phi) is 5.76. The van der Waals surface area contributed by atoms with Gasteiger partial charge in [0.05, 0.1) is 22.8 Å². The van der Waals surface area contributed by atoms with Crippen LogP contribution in [0.1, 0.15) is 21.1 Å². The van der Waals surface area contributed by atoms with Crippen LogP contribution in [0.3, 0.4) is 0 Å². The molecule has 0 aliphatic carbocycles. The lowest BCUT2D eigenvalue weighted by molar-refractivity contribution is -0.115. The molecule has 0 saturated carbocycles. The van der Waals surface area contributed by atoms with Crippen molar-refractivity contribution < 1.29 is 19.1 Å². The smallest absolute Gasteiger partial charge is 0.257 e. The zero-order valence-corrected chi connectivity index (χ0v) is 19.1. The van der Waals surface area contributed by atoms with Crippen molar-refractivity contribution in [1.29, 1.82) is 0 Å². The van der Waals surface area contributed by atoms with Crippen molar-refractivity contribution in [2.24, 2.45) is 0 Å². The van der Waals surface area contributed by atoms with Gasteiger partial charge in [-0.15, -0.1) is 22.7 Å². The van der Waals surface area contributed by atoms with E-state index in [2.05, 4.69) is 20.6 Å². The summed E-state index contributed by atoms with van der Waals surface area (Å²) in [4.78, 5) is 33.9. The van der Waals surface area contributed by atoms with E-state index in [0.717, 1.165) is 16.3 Å². The first kappa shape index (κ1) is 21.1. The van der Waals surface area contributed by atoms with E-state index >= 15 is 0 Å². The van der Waals surface area contributed by atoms with Gasteiger partial charge in [0.1, 0.15) is 0 Å². The molecule has 1 aliphatic rings. The molecule has 1 aliphatic heterocycles. The highest BCUT2D eigenvalue weighted by Gasteiger charge is 2.17. The van der Waals surface area contributed by atoms with E-state index in [0.29, 0.717) is 33.6 Å². The number of nitrogens with one attached hydrogen (secondary N) is 2. The molecule has 0 atom stereocenters. The van der Waals surface area contributed by atoms with Crippen molar-refractivity contribution >= 4 is 45.3 Å². The van der Waals surface area contributed by atoms with Gasteiger partial charge in [-0.1, -0.05) is 12.1 Å². The monoisotopic (exact) mass is 478 g/mol. The fraction of sp³-hybridized carbons (Fsp3) is 0.130. The van der Waals surface area contributed by atoms with Gasteiger partial charge >= 0.3 is 0 Å². The van der Waals surface area contributed by atoms with Gasteiger partial charge in [0, 0.05) is 27.6 Å². The normalized spacial score (nSPS) is 11.9. The van der Waals surface area contributed by atoms with Gasteiger partial charge in [-0.2, -0.15) is 0 Å². The van der Waals surface area contributed by atoms with E-state index in [1.54, 1.807) is 34.9 Å². The first-order valence-corrected chi connectivity index (χ1v) is 11.8. The molecule has 0 saturated heterocycles. The molecule has 2 amide bonds. The molecule has 0 unspecified atom stereocenters. The van der Waals surface area contributed by atoms with E-state index in [1.807, 2.05) is 36.6 Å². The lowest BCUT2D eigenvalue weighted by atomic mass is 10.1. The summed E-state index contributed by atoms with van der Waals surface area (Å²) in [7, 11) is 0. The highest BCUT2D eigenvalue weighted by molar-refractivity contribution is 7.14. The Labute approximate surface area is 197 Å². The molecular formula is C23H18N4O4S2. The van der Waals surface area contributed by atoms with Crippen LogP contribution in [0, 0.1) is 6.92 Å². The average molecular weight is 479 g/mol. The Hall–Kier alpha value is -3.76. The summed E-state index contributed by atoms with van der Waals surface area (Å²) in [5, 5.41) is 10.8. The van der Waals surface area contributed by atoms with Gasteiger partial charge in [0.25, 0.3) is 5.91 Å². The second-order valence-corrected chi connectivity index (χ2v) is 9.14. The Balaban J connectivity index is 1.19. The number of thiazole rings is 2. The highest BCUT2D eigenvalue weighted by atomic mass is 32.1. The summed E-state index contributed by atoms with van der Waals surface area (Å²) in [6.45, 7) is 2.10. The minimum Gasteiger partial charge on any atom is -0.454 e. The molecule has 4 aromatic rings. The molecule has 0 fully saturated rings. The van der Waals surface area contributed by atoms with Crippen LogP contribution < -0.4 is 20.1 Å². The Morgan fingerprint density at radius 2 is 1.88 bits per heavy atom. The summed E-state index contributed by atoms with van der Waals surface area (Å²) in [5.41, 5.74) is 3.53. The van der Waals surface area contributed by atoms with E-state index in [-0.39, 0.29) is 25.0 Å². The molecule has 33 heavy (non-hydrogen) atoms. The molecule has 0 bridgehead atoms. The van der Waals surface area contributed by atoms with Crippen LogP contribution in [0.4, 0.5) is 10.8 Å². The number of rotatable bonds is 6. The number of benzene rings is 2. The lowest BCUT2D eigenvalue weighted by Gasteiger charge is -2.06. The first-order valence-electron chi connectivity index (χ1n) is 10.0. The second-order valence-electron chi connectivity index (χ2n) is 7.22. The first-order chi connectivity index (χ1) is 16.0. The molecule has 3 heterocycles. The summed E-state index contributed by atoms with van der Waals surface area (Å²) in [5.74, 6) is 0.641. The topological polar surface area (TPSA) is 102 Å². The maximum atomic E-state index is 12.5. The summed E-state index contributed by atoms with van der Waals surface area (Å²) in [6.07, 6.45) is 0.0937. The van der Waals surface area contributed by atoms with Gasteiger partial charge in [-0.3, -0.25) is 14.9 Å². The molecule has 5 rings (SSSR count). The number of amides is 2. The number of aromatic nitrogens is 2. The van der Waals surface area contributed by atoms with Crippen LogP contribution in [-0.4, -0.2) is 28.6 Å². The van der Waals surface area contributed by atoms with Crippen molar-refractivity contribution in [2.75, 3.05) is 17.4 Å². The third-order valence-electron chi connectivity index (χ3n) is 4.81. The highest BCUT2D eigenvalue weighted by Crippen LogP contribution is 2.32. The standard InChI is InChI=1S/C23H18N4O4S2/c1-13-24-18(11-32-13)14-3-2-4-16(7-14)25-21(28)9-17-10-33-23(26-17)27-22(29)15-5-6-19-20(8-15)31-12-30-19/h2-8,10-11H,9,12H2,1H3,(H,25,28)(H,26,27,29). The molecule has 8 nitrogen and oxygen atoms in total. The number of hydrogen-bond donors (Lipinski definition) is 2. The summed E-state index contributed by atoms with van der Waals surface area (Å²) in [6, 6.07) is 12.5. The molecule has 10 heteroatoms. The Morgan fingerprint density at radius 1 is 1.00 bits per heavy atom. The number of carbonyl (C=O) groups is 2. The average Bonchev–Trinajstić information content (AvgIpc) is 3.54. The predicted octanol–water partition coefficient (Wildman–Crippen LogP) is 4.74. The van der Waals surface area contributed by atoms with Gasteiger partial charge in [-0.25, -0.2) is 9.97 Å². The van der Waals surface area contributed by atoms with Crippen LogP contribution in [0.5, 0.6) is 11.5 Å². The zero-order valence-electron chi connectivity index (χ0n) is 17.5. The van der Waals surface area contributed by atoms with E-state index in [4.69, 9.17) is 9.47 Å². The Bertz CT molecular complexity index is 1350. The number of aryl methyl sites for hydroxylation is 1. The lowest BCUT2D eigenvalue weighted by Crippen LogP contribution is -2.15. The third-order valence-corrected chi connectivity index (χ3v) is 6.39. The molecule has 2 N–H and O–H groups in total. The molecule has 0 radical (unpaired) electrons. The van der Waals surface area contributed by atoms with E-state index in [9.17, 15) is 9.59 Å².